The summed E-state index contributed by atoms with van der Waals surface area (Å²) < 4.78 is 5.75. The number of rotatable bonds is 10. The van der Waals surface area contributed by atoms with Crippen molar-refractivity contribution in [3.8, 4) is 11.5 Å². The molecule has 0 radical (unpaired) electrons. The molecule has 5 N–H and O–H groups in total. The third kappa shape index (κ3) is 5.49. The number of para-hydroxylation sites is 1. The standard InChI is InChI=1S/C20H26N2O3S/c1-26-14-12-18(21)20(24,19(22)23)13-11-15-7-9-17(10-8-15)25-16-5-3-2-4-6-16/h2-10,18,24H,11-14,21H2,1H3,(H2,22,23). The quantitative estimate of drug-likeness (QED) is 0.594. The fourth-order valence-electron chi connectivity index (χ4n) is 2.66. The lowest BCUT2D eigenvalue weighted by molar-refractivity contribution is -0.139. The van der Waals surface area contributed by atoms with Crippen LogP contribution < -0.4 is 16.2 Å². The van der Waals surface area contributed by atoms with Crippen molar-refractivity contribution in [2.45, 2.75) is 30.9 Å². The van der Waals surface area contributed by atoms with Crippen molar-refractivity contribution in [2.75, 3.05) is 12.0 Å². The first kappa shape index (κ1) is 20.3. The van der Waals surface area contributed by atoms with Crippen LogP contribution in [0, 0.1) is 0 Å². The van der Waals surface area contributed by atoms with Crippen molar-refractivity contribution in [1.29, 1.82) is 0 Å². The molecule has 6 heteroatoms. The van der Waals surface area contributed by atoms with Crippen LogP contribution in [-0.2, 0) is 11.2 Å². The van der Waals surface area contributed by atoms with E-state index in [0.717, 1.165) is 22.8 Å². The molecule has 2 aromatic carbocycles. The molecule has 2 rings (SSSR count). The first-order valence-corrected chi connectivity index (χ1v) is 9.93. The Balaban J connectivity index is 1.97. The van der Waals surface area contributed by atoms with E-state index in [1.165, 1.54) is 0 Å². The van der Waals surface area contributed by atoms with Gasteiger partial charge in [-0.3, -0.25) is 4.79 Å². The normalized spacial score (nSPS) is 14.4. The van der Waals surface area contributed by atoms with E-state index in [1.807, 2.05) is 60.9 Å². The molecule has 2 unspecified atom stereocenters. The molecule has 1 amide bonds. The summed E-state index contributed by atoms with van der Waals surface area (Å²) in [5, 5.41) is 10.7. The van der Waals surface area contributed by atoms with Crippen LogP contribution in [0.4, 0.5) is 0 Å². The van der Waals surface area contributed by atoms with Gasteiger partial charge in [0.25, 0.3) is 5.91 Å². The van der Waals surface area contributed by atoms with Crippen LogP contribution in [0.5, 0.6) is 11.5 Å². The molecule has 0 bridgehead atoms. The summed E-state index contributed by atoms with van der Waals surface area (Å²) in [6.45, 7) is 0. The predicted octanol–water partition coefficient (Wildman–Crippen LogP) is 2.71. The van der Waals surface area contributed by atoms with Gasteiger partial charge in [-0.1, -0.05) is 30.3 Å². The summed E-state index contributed by atoms with van der Waals surface area (Å²) in [7, 11) is 0. The number of aliphatic hydroxyl groups is 1. The molecule has 0 spiro atoms. The molecule has 26 heavy (non-hydrogen) atoms. The van der Waals surface area contributed by atoms with E-state index in [2.05, 4.69) is 0 Å². The van der Waals surface area contributed by atoms with Crippen LogP contribution >= 0.6 is 11.8 Å². The molecule has 5 nitrogen and oxygen atoms in total. The summed E-state index contributed by atoms with van der Waals surface area (Å²) in [4.78, 5) is 11.8. The minimum absolute atomic E-state index is 0.191. The molecular weight excluding hydrogens is 348 g/mol. The minimum atomic E-state index is -1.70. The van der Waals surface area contributed by atoms with E-state index in [4.69, 9.17) is 16.2 Å². The molecule has 140 valence electrons. The summed E-state index contributed by atoms with van der Waals surface area (Å²) >= 11 is 1.62. The number of amides is 1. The second-order valence-corrected chi connectivity index (χ2v) is 7.22. The summed E-state index contributed by atoms with van der Waals surface area (Å²) in [5.41, 5.74) is 10.7. The molecule has 2 aromatic rings. The lowest BCUT2D eigenvalue weighted by Crippen LogP contribution is -2.57. The van der Waals surface area contributed by atoms with Gasteiger partial charge < -0.3 is 21.3 Å². The molecule has 2 atom stereocenters. The van der Waals surface area contributed by atoms with Gasteiger partial charge in [0.1, 0.15) is 11.5 Å². The number of carbonyl (C=O) groups is 1. The van der Waals surface area contributed by atoms with Gasteiger partial charge in [0.05, 0.1) is 0 Å². The van der Waals surface area contributed by atoms with Gasteiger partial charge in [-0.05, 0) is 61.1 Å². The zero-order valence-corrected chi connectivity index (χ0v) is 15.7. The van der Waals surface area contributed by atoms with Crippen molar-refractivity contribution in [2.24, 2.45) is 11.5 Å². The van der Waals surface area contributed by atoms with Crippen molar-refractivity contribution in [1.82, 2.24) is 0 Å². The highest BCUT2D eigenvalue weighted by Gasteiger charge is 2.39. The highest BCUT2D eigenvalue weighted by Crippen LogP contribution is 2.24. The summed E-state index contributed by atoms with van der Waals surface area (Å²) in [5.74, 6) is 1.49. The Morgan fingerprint density at radius 1 is 1.15 bits per heavy atom. The zero-order chi connectivity index (χ0) is 19.0. The Morgan fingerprint density at radius 3 is 2.35 bits per heavy atom. The van der Waals surface area contributed by atoms with Crippen LogP contribution in [0.2, 0.25) is 0 Å². The zero-order valence-electron chi connectivity index (χ0n) is 14.9. The number of ether oxygens (including phenoxy) is 1. The van der Waals surface area contributed by atoms with Gasteiger partial charge in [0, 0.05) is 6.04 Å². The molecule has 0 aromatic heterocycles. The Hall–Kier alpha value is -2.02. The number of carbonyl (C=O) groups excluding carboxylic acids is 1. The van der Waals surface area contributed by atoms with Crippen LogP contribution in [0.3, 0.4) is 0 Å². The average Bonchev–Trinajstić information content (AvgIpc) is 2.66. The van der Waals surface area contributed by atoms with E-state index >= 15 is 0 Å². The molecule has 0 heterocycles. The van der Waals surface area contributed by atoms with Gasteiger partial charge in [0.2, 0.25) is 0 Å². The first-order chi connectivity index (χ1) is 12.5. The van der Waals surface area contributed by atoms with Crippen molar-refractivity contribution < 1.29 is 14.6 Å². The number of primary amides is 1. The van der Waals surface area contributed by atoms with Gasteiger partial charge in [0.15, 0.2) is 5.60 Å². The van der Waals surface area contributed by atoms with E-state index in [1.54, 1.807) is 11.8 Å². The molecule has 0 saturated heterocycles. The number of thioether (sulfide) groups is 1. The monoisotopic (exact) mass is 374 g/mol. The number of aryl methyl sites for hydroxylation is 1. The van der Waals surface area contributed by atoms with Crippen molar-refractivity contribution >= 4 is 17.7 Å². The number of hydrogen-bond donors (Lipinski definition) is 3. The third-order valence-corrected chi connectivity index (χ3v) is 5.01. The molecule has 0 aliphatic carbocycles. The lowest BCUT2D eigenvalue weighted by Gasteiger charge is -2.31. The predicted molar refractivity (Wildman–Crippen MR) is 106 cm³/mol. The SMILES string of the molecule is CSCCC(N)C(O)(CCc1ccc(Oc2ccccc2)cc1)C(N)=O. The van der Waals surface area contributed by atoms with Gasteiger partial charge in [-0.15, -0.1) is 0 Å². The van der Waals surface area contributed by atoms with Crippen LogP contribution in [0.15, 0.2) is 54.6 Å². The topological polar surface area (TPSA) is 98.6 Å². The molecule has 0 aliphatic rings. The van der Waals surface area contributed by atoms with E-state index in [-0.39, 0.29) is 6.42 Å². The van der Waals surface area contributed by atoms with Gasteiger partial charge in [-0.2, -0.15) is 11.8 Å². The number of benzene rings is 2. The van der Waals surface area contributed by atoms with Crippen LogP contribution in [0.1, 0.15) is 18.4 Å². The Labute approximate surface area is 158 Å². The highest BCUT2D eigenvalue weighted by atomic mass is 32.2. The number of hydrogen-bond acceptors (Lipinski definition) is 5. The Morgan fingerprint density at radius 2 is 1.77 bits per heavy atom. The molecule has 0 fully saturated rings. The van der Waals surface area contributed by atoms with Crippen molar-refractivity contribution in [3.63, 3.8) is 0 Å². The van der Waals surface area contributed by atoms with Crippen LogP contribution in [-0.4, -0.2) is 34.7 Å². The van der Waals surface area contributed by atoms with E-state index in [9.17, 15) is 9.90 Å². The minimum Gasteiger partial charge on any atom is -0.457 e. The molecular formula is C20H26N2O3S. The average molecular weight is 375 g/mol. The molecule has 0 aliphatic heterocycles. The maximum absolute atomic E-state index is 11.8. The second-order valence-electron chi connectivity index (χ2n) is 6.24. The largest absolute Gasteiger partial charge is 0.457 e. The summed E-state index contributed by atoms with van der Waals surface area (Å²) in [6.07, 6.45) is 3.17. The van der Waals surface area contributed by atoms with Gasteiger partial charge in [-0.25, -0.2) is 0 Å². The Bertz CT molecular complexity index is 694. The third-order valence-electron chi connectivity index (χ3n) is 4.37. The second kappa shape index (κ2) is 9.62. The van der Waals surface area contributed by atoms with Crippen molar-refractivity contribution in [3.05, 3.63) is 60.2 Å². The fourth-order valence-corrected chi connectivity index (χ4v) is 3.15. The van der Waals surface area contributed by atoms with E-state index in [0.29, 0.717) is 12.8 Å². The van der Waals surface area contributed by atoms with E-state index < -0.39 is 17.6 Å². The van der Waals surface area contributed by atoms with Gasteiger partial charge >= 0.3 is 0 Å². The smallest absolute Gasteiger partial charge is 0.251 e. The lowest BCUT2D eigenvalue weighted by atomic mass is 9.86. The van der Waals surface area contributed by atoms with Crippen LogP contribution in [0.25, 0.3) is 0 Å². The summed E-state index contributed by atoms with van der Waals surface area (Å²) in [6, 6.07) is 16.4. The maximum Gasteiger partial charge on any atom is 0.251 e. The Kier molecular flexibility index (Phi) is 7.50. The number of nitrogens with two attached hydrogens (primary N) is 2. The molecule has 0 saturated carbocycles. The first-order valence-electron chi connectivity index (χ1n) is 8.54. The highest BCUT2D eigenvalue weighted by molar-refractivity contribution is 7.98. The fraction of sp³-hybridized carbons (Fsp3) is 0.350. The maximum atomic E-state index is 11.8.